The lowest BCUT2D eigenvalue weighted by Gasteiger charge is -2.54. The minimum absolute atomic E-state index is 0.517. The van der Waals surface area contributed by atoms with Crippen molar-refractivity contribution < 1.29 is 14.3 Å². The molecule has 0 spiro atoms. The second kappa shape index (κ2) is 5.10. The van der Waals surface area contributed by atoms with Crippen molar-refractivity contribution in [2.75, 3.05) is 13.7 Å². The largest absolute Gasteiger partial charge is 0.507 e. The summed E-state index contributed by atoms with van der Waals surface area (Å²) in [6, 6.07) is 0. The summed E-state index contributed by atoms with van der Waals surface area (Å²) >= 11 is 0. The van der Waals surface area contributed by atoms with Crippen LogP contribution in [0.25, 0.3) is 0 Å². The Morgan fingerprint density at radius 2 is 1.83 bits per heavy atom. The molecule has 0 saturated heterocycles. The summed E-state index contributed by atoms with van der Waals surface area (Å²) in [5.74, 6) is 4.24. The van der Waals surface area contributed by atoms with Gasteiger partial charge in [0.05, 0.1) is 13.7 Å². The fraction of sp³-hybridized carbons (Fsp3) is 0.933. The van der Waals surface area contributed by atoms with Crippen LogP contribution in [-0.4, -0.2) is 19.9 Å². The first kappa shape index (κ1) is 12.3. The molecule has 2 bridgehead atoms. The van der Waals surface area contributed by atoms with E-state index in [9.17, 15) is 4.79 Å². The summed E-state index contributed by atoms with van der Waals surface area (Å²) in [4.78, 5) is 11.1. The molecular weight excluding hydrogens is 228 g/mol. The van der Waals surface area contributed by atoms with Crippen molar-refractivity contribution in [2.24, 2.45) is 29.6 Å². The van der Waals surface area contributed by atoms with Gasteiger partial charge in [-0.2, -0.15) is 0 Å². The van der Waals surface area contributed by atoms with Gasteiger partial charge in [0.1, 0.15) is 0 Å². The lowest BCUT2D eigenvalue weighted by Crippen LogP contribution is -2.47. The predicted octanol–water partition coefficient (Wildman–Crippen LogP) is 3.62. The van der Waals surface area contributed by atoms with Gasteiger partial charge in [-0.1, -0.05) is 12.8 Å². The molecule has 0 aromatic heterocycles. The van der Waals surface area contributed by atoms with Gasteiger partial charge in [-0.15, -0.1) is 0 Å². The van der Waals surface area contributed by atoms with Crippen molar-refractivity contribution in [1.29, 1.82) is 0 Å². The Morgan fingerprint density at radius 1 is 1.06 bits per heavy atom. The van der Waals surface area contributed by atoms with Crippen molar-refractivity contribution in [1.82, 2.24) is 0 Å². The molecule has 5 atom stereocenters. The number of hydrogen-bond acceptors (Lipinski definition) is 3. The molecule has 18 heavy (non-hydrogen) atoms. The topological polar surface area (TPSA) is 35.5 Å². The smallest absolute Gasteiger partial charge is 0.438 e. The third kappa shape index (κ3) is 2.12. The van der Waals surface area contributed by atoms with E-state index in [0.29, 0.717) is 12.5 Å². The molecule has 3 nitrogen and oxygen atoms in total. The third-order valence-corrected chi connectivity index (χ3v) is 5.69. The Bertz CT molecular complexity index is 315. The molecule has 4 rings (SSSR count). The number of fused-ring (bicyclic) bond motifs is 2. The predicted molar refractivity (Wildman–Crippen MR) is 68.1 cm³/mol. The van der Waals surface area contributed by atoms with Gasteiger partial charge in [0.25, 0.3) is 0 Å². The SMILES string of the molecule is COC(=O)OCC1CC2CCC1C1CCCCC21. The van der Waals surface area contributed by atoms with Gasteiger partial charge in [-0.05, 0) is 61.7 Å². The highest BCUT2D eigenvalue weighted by Crippen LogP contribution is 2.56. The molecule has 0 aliphatic heterocycles. The van der Waals surface area contributed by atoms with Gasteiger partial charge < -0.3 is 9.47 Å². The van der Waals surface area contributed by atoms with Crippen LogP contribution in [0.4, 0.5) is 4.79 Å². The fourth-order valence-electron chi connectivity index (χ4n) is 5.01. The summed E-state index contributed by atoms with van der Waals surface area (Å²) in [6.07, 6.45) is 9.26. The molecule has 4 aliphatic rings. The van der Waals surface area contributed by atoms with E-state index in [0.717, 1.165) is 23.7 Å². The van der Waals surface area contributed by atoms with Crippen LogP contribution in [0.3, 0.4) is 0 Å². The van der Waals surface area contributed by atoms with Gasteiger partial charge in [0.15, 0.2) is 0 Å². The van der Waals surface area contributed by atoms with Gasteiger partial charge in [-0.25, -0.2) is 4.79 Å². The molecule has 0 N–H and O–H groups in total. The van der Waals surface area contributed by atoms with Gasteiger partial charge in [0, 0.05) is 0 Å². The van der Waals surface area contributed by atoms with Gasteiger partial charge in [0.2, 0.25) is 0 Å². The second-order valence-electron chi connectivity index (χ2n) is 6.37. The van der Waals surface area contributed by atoms with Crippen LogP contribution in [0.1, 0.15) is 44.9 Å². The fourth-order valence-corrected chi connectivity index (χ4v) is 5.01. The van der Waals surface area contributed by atoms with Crippen LogP contribution in [0.15, 0.2) is 0 Å². The molecule has 0 amide bonds. The molecule has 0 heterocycles. The highest BCUT2D eigenvalue weighted by Gasteiger charge is 2.48. The number of ether oxygens (including phenoxy) is 2. The van der Waals surface area contributed by atoms with Crippen molar-refractivity contribution in [3.63, 3.8) is 0 Å². The highest BCUT2D eigenvalue weighted by atomic mass is 16.7. The van der Waals surface area contributed by atoms with E-state index in [1.54, 1.807) is 0 Å². The maximum atomic E-state index is 11.1. The highest BCUT2D eigenvalue weighted by molar-refractivity contribution is 5.59. The Labute approximate surface area is 109 Å². The van der Waals surface area contributed by atoms with Crippen molar-refractivity contribution in [3.8, 4) is 0 Å². The summed E-state index contributed by atoms with van der Waals surface area (Å²) in [7, 11) is 1.38. The average Bonchev–Trinajstić information content (AvgIpc) is 2.45. The van der Waals surface area contributed by atoms with E-state index < -0.39 is 6.16 Å². The molecule has 0 aromatic rings. The molecule has 4 aliphatic carbocycles. The Morgan fingerprint density at radius 3 is 2.61 bits per heavy atom. The van der Waals surface area contributed by atoms with Crippen LogP contribution < -0.4 is 0 Å². The average molecular weight is 252 g/mol. The first-order valence-electron chi connectivity index (χ1n) is 7.50. The van der Waals surface area contributed by atoms with Crippen LogP contribution in [0.5, 0.6) is 0 Å². The van der Waals surface area contributed by atoms with E-state index >= 15 is 0 Å². The van der Waals surface area contributed by atoms with Crippen molar-refractivity contribution >= 4 is 6.16 Å². The lowest BCUT2D eigenvalue weighted by molar-refractivity contribution is -0.0688. The number of carbonyl (C=O) groups excluding carboxylic acids is 1. The summed E-state index contributed by atoms with van der Waals surface area (Å²) in [5, 5.41) is 0. The molecular formula is C15H24O3. The van der Waals surface area contributed by atoms with E-state index in [4.69, 9.17) is 4.74 Å². The van der Waals surface area contributed by atoms with E-state index in [1.807, 2.05) is 0 Å². The lowest BCUT2D eigenvalue weighted by atomic mass is 9.51. The first-order valence-corrected chi connectivity index (χ1v) is 7.50. The van der Waals surface area contributed by atoms with Crippen LogP contribution in [-0.2, 0) is 9.47 Å². The Balaban J connectivity index is 1.63. The normalized spacial score (nSPS) is 42.2. The number of carbonyl (C=O) groups is 1. The van der Waals surface area contributed by atoms with Gasteiger partial charge in [-0.3, -0.25) is 0 Å². The molecule has 102 valence electrons. The third-order valence-electron chi connectivity index (χ3n) is 5.69. The van der Waals surface area contributed by atoms with E-state index in [-0.39, 0.29) is 0 Å². The van der Waals surface area contributed by atoms with Crippen LogP contribution >= 0.6 is 0 Å². The van der Waals surface area contributed by atoms with Crippen molar-refractivity contribution in [2.45, 2.75) is 44.9 Å². The summed E-state index contributed by atoms with van der Waals surface area (Å²) in [6.45, 7) is 0.580. The molecule has 4 fully saturated rings. The minimum Gasteiger partial charge on any atom is -0.438 e. The minimum atomic E-state index is -0.517. The van der Waals surface area contributed by atoms with E-state index in [1.165, 1.54) is 52.1 Å². The quantitative estimate of drug-likeness (QED) is 0.704. The summed E-state index contributed by atoms with van der Waals surface area (Å²) in [5.41, 5.74) is 0. The number of rotatable bonds is 2. The molecule has 3 heteroatoms. The van der Waals surface area contributed by atoms with Crippen molar-refractivity contribution in [3.05, 3.63) is 0 Å². The Hall–Kier alpha value is -0.730. The van der Waals surface area contributed by atoms with Crippen LogP contribution in [0, 0.1) is 29.6 Å². The summed E-state index contributed by atoms with van der Waals surface area (Å²) < 4.78 is 9.77. The number of methoxy groups -OCH3 is 1. The zero-order chi connectivity index (χ0) is 12.5. The second-order valence-corrected chi connectivity index (χ2v) is 6.37. The molecule has 5 unspecified atom stereocenters. The number of hydrogen-bond donors (Lipinski definition) is 0. The molecule has 0 aromatic carbocycles. The zero-order valence-electron chi connectivity index (χ0n) is 11.3. The maximum absolute atomic E-state index is 11.1. The monoisotopic (exact) mass is 252 g/mol. The van der Waals surface area contributed by atoms with Gasteiger partial charge >= 0.3 is 6.16 Å². The molecule has 4 saturated carbocycles. The van der Waals surface area contributed by atoms with E-state index in [2.05, 4.69) is 4.74 Å². The molecule has 0 radical (unpaired) electrons. The first-order chi connectivity index (χ1) is 8.79. The standard InChI is InChI=1S/C15H24O3/c1-17-15(16)18-9-11-8-10-6-7-13(11)14-5-3-2-4-12(10)14/h10-14H,2-9H2,1H3. The maximum Gasteiger partial charge on any atom is 0.507 e. The van der Waals surface area contributed by atoms with Crippen LogP contribution in [0.2, 0.25) is 0 Å². The Kier molecular flexibility index (Phi) is 3.49. The zero-order valence-corrected chi connectivity index (χ0v) is 11.3.